The summed E-state index contributed by atoms with van der Waals surface area (Å²) < 4.78 is 2.28. The summed E-state index contributed by atoms with van der Waals surface area (Å²) in [7, 11) is 0. The first-order valence-corrected chi connectivity index (χ1v) is 39.3. The Morgan fingerprint density at radius 1 is 0.403 bits per heavy atom. The number of aliphatic hydroxyl groups excluding tert-OH is 3. The van der Waals surface area contributed by atoms with E-state index in [1.165, 1.54) is 142 Å². The minimum Gasteiger partial charge on any atom is -0.512 e. The fourth-order valence-electron chi connectivity index (χ4n) is 14.1. The molecule has 1 aliphatic rings. The van der Waals surface area contributed by atoms with Gasteiger partial charge in [0.05, 0.1) is 78.7 Å². The average Bonchev–Trinajstić information content (AvgIpc) is 1.56. The smallest absolute Gasteiger partial charge is 0.316 e. The van der Waals surface area contributed by atoms with Gasteiger partial charge in [-0.1, -0.05) is 203 Å². The van der Waals surface area contributed by atoms with Gasteiger partial charge in [0.15, 0.2) is 0 Å². The predicted octanol–water partition coefficient (Wildman–Crippen LogP) is 26.0. The van der Waals surface area contributed by atoms with Gasteiger partial charge in [-0.15, -0.1) is 167 Å². The predicted molar refractivity (Wildman–Crippen MR) is 494 cm³/mol. The van der Waals surface area contributed by atoms with Crippen LogP contribution in [0.3, 0.4) is 0 Å². The number of ketones is 3. The zero-order valence-corrected chi connectivity index (χ0v) is 83.1. The molecule has 639 valence electrons. The summed E-state index contributed by atoms with van der Waals surface area (Å²) in [6.07, 6.45) is 9.55. The Hall–Kier alpha value is -11.1. The molecular weight excluding hydrogens is 2430 g/mol. The van der Waals surface area contributed by atoms with Crippen LogP contribution in [0.25, 0.3) is 127 Å². The number of nitrogens with zero attached hydrogens (tertiary/aromatic N) is 6. The van der Waals surface area contributed by atoms with E-state index in [0.717, 1.165) is 72.8 Å². The fourth-order valence-corrected chi connectivity index (χ4v) is 14.1. The largest absolute Gasteiger partial charge is 0.512 e. The van der Waals surface area contributed by atoms with Crippen LogP contribution in [-0.2, 0) is 111 Å². The van der Waals surface area contributed by atoms with Crippen molar-refractivity contribution in [1.29, 1.82) is 0 Å². The van der Waals surface area contributed by atoms with Crippen LogP contribution in [0.15, 0.2) is 339 Å². The maximum Gasteiger partial charge on any atom is 0.316 e. The van der Waals surface area contributed by atoms with Crippen molar-refractivity contribution in [2.24, 2.45) is 0 Å². The van der Waals surface area contributed by atoms with Crippen LogP contribution < -0.4 is 0 Å². The van der Waals surface area contributed by atoms with Crippen LogP contribution >= 0.6 is 0 Å². The van der Waals surface area contributed by atoms with E-state index in [4.69, 9.17) is 39.7 Å². The zero-order chi connectivity index (χ0) is 84.8. The number of rotatable bonds is 8. The Bertz CT molecular complexity index is 6440. The normalized spacial score (nSPS) is 11.3. The molecule has 6 N–H and O–H groups in total. The van der Waals surface area contributed by atoms with Crippen molar-refractivity contribution in [2.45, 2.75) is 101 Å². The zero-order valence-electron chi connectivity index (χ0n) is 71.1. The molecule has 6 heterocycles. The number of aliphatic hydroxyl groups is 3. The number of pyridine rings is 5. The monoisotopic (exact) mass is 2530 g/mol. The molecule has 0 spiro atoms. The Morgan fingerprint density at radius 2 is 0.871 bits per heavy atom. The van der Waals surface area contributed by atoms with Gasteiger partial charge in [0.25, 0.3) is 0 Å². The molecule has 12 nitrogen and oxygen atoms in total. The molecule has 0 bridgehead atoms. The van der Waals surface area contributed by atoms with Crippen LogP contribution in [0.2, 0.25) is 0 Å². The second-order valence-corrected chi connectivity index (χ2v) is 30.3. The Kier molecular flexibility index (Phi) is 39.6. The first-order chi connectivity index (χ1) is 57.2. The van der Waals surface area contributed by atoms with Crippen LogP contribution in [0, 0.1) is 44.2 Å². The maximum absolute atomic E-state index is 8.40. The van der Waals surface area contributed by atoms with Crippen LogP contribution in [0.1, 0.15) is 104 Å². The topological polar surface area (TPSA) is 194 Å². The van der Waals surface area contributed by atoms with E-state index in [-0.39, 0.29) is 146 Å². The fraction of sp³-hybridized carbons (Fsp3) is 0.140. The molecule has 0 amide bonds. The summed E-state index contributed by atoms with van der Waals surface area (Å²) in [6.45, 7) is 24.6. The Labute approximate surface area is 795 Å². The molecule has 0 unspecified atom stereocenters. The summed E-state index contributed by atoms with van der Waals surface area (Å²) in [6, 6.07) is 114. The van der Waals surface area contributed by atoms with Crippen molar-refractivity contribution in [3.05, 3.63) is 397 Å². The van der Waals surface area contributed by atoms with E-state index in [1.807, 2.05) is 158 Å². The number of aryl methyl sites for hydroxylation is 2. The second-order valence-electron chi connectivity index (χ2n) is 30.3. The molecule has 124 heavy (non-hydrogen) atoms. The number of para-hydroxylation sites is 3. The third-order valence-electron chi connectivity index (χ3n) is 19.5. The summed E-state index contributed by atoms with van der Waals surface area (Å²) in [5, 5.41) is 33.4. The number of aromatic nitrogens is 6. The van der Waals surface area contributed by atoms with Crippen molar-refractivity contribution >= 4 is 77.3 Å². The van der Waals surface area contributed by atoms with Gasteiger partial charge in [0, 0.05) is 130 Å². The van der Waals surface area contributed by atoms with E-state index in [2.05, 4.69) is 244 Å². The molecule has 1 aliphatic carbocycles. The number of imidazole rings is 1. The van der Waals surface area contributed by atoms with Gasteiger partial charge >= 0.3 is 17.3 Å². The summed E-state index contributed by atoms with van der Waals surface area (Å²) in [5.41, 5.74) is 24.1. The Balaban J connectivity index is 0.000000227. The number of allylic oxidation sites excluding steroid dienone is 6. The van der Waals surface area contributed by atoms with E-state index in [1.54, 1.807) is 0 Å². The van der Waals surface area contributed by atoms with Crippen molar-refractivity contribution in [3.63, 3.8) is 0 Å². The van der Waals surface area contributed by atoms with Gasteiger partial charge in [-0.25, -0.2) is 0 Å². The number of hydrogen-bond acceptors (Lipinski definition) is 8. The van der Waals surface area contributed by atoms with Crippen molar-refractivity contribution in [2.75, 3.05) is 0 Å². The minimum absolute atomic E-state index is 0. The van der Waals surface area contributed by atoms with E-state index < -0.39 is 0 Å². The van der Waals surface area contributed by atoms with E-state index in [9.17, 15) is 0 Å². The van der Waals surface area contributed by atoms with Crippen LogP contribution in [0.4, 0.5) is 0 Å². The molecule has 0 atom stereocenters. The first kappa shape index (κ1) is 102. The van der Waals surface area contributed by atoms with Crippen molar-refractivity contribution in [3.8, 4) is 67.4 Å². The van der Waals surface area contributed by atoms with Crippen LogP contribution in [0.5, 0.6) is 0 Å². The van der Waals surface area contributed by atoms with Gasteiger partial charge in [-0.2, -0.15) is 0 Å². The number of hydrogen-bond donors (Lipinski definition) is 3. The third kappa shape index (κ3) is 27.0. The Morgan fingerprint density at radius 3 is 1.40 bits per heavy atom. The molecule has 6 aromatic heterocycles. The molecule has 0 fully saturated rings. The summed E-state index contributed by atoms with van der Waals surface area (Å²) in [4.78, 5) is 48.3. The molecular formula is C107H98Ir5N6O6-2. The van der Waals surface area contributed by atoms with Gasteiger partial charge in [0.1, 0.15) is 0 Å². The van der Waals surface area contributed by atoms with Gasteiger partial charge in [0.2, 0.25) is 0 Å². The SMILES string of the molecule is CC(=[OH+])C=C(C)O.CC(=[OH+])C=C(C)O.CC(=[OH+])C=C(C)O.CC(C)(C)c1ccnc(-c2[c-]cccc2)c1.CC1(C)c2ccccc2-c2c[c-]c(-c3ccc4ccccc4n3)cc21.Cc1cccc(C)c1-c1cnc2c3[c-]cccc3c3ccccc3n12.[Ir].[Ir].[Ir].[Ir].[Ir].[c-]1ccccc1-c1ccc2ccccc2n1.[c-]1ccccc1-c1nccc2ccccc12. The number of carbonyl (C=O) groups excluding carboxylic acids is 3. The third-order valence-corrected chi connectivity index (χ3v) is 19.5. The van der Waals surface area contributed by atoms with Gasteiger partial charge in [-0.05, 0) is 148 Å². The van der Waals surface area contributed by atoms with E-state index in [0.29, 0.717) is 0 Å². The van der Waals surface area contributed by atoms with Crippen molar-refractivity contribution in [1.82, 2.24) is 29.3 Å². The van der Waals surface area contributed by atoms with Gasteiger partial charge in [-0.3, -0.25) is 29.3 Å². The first-order valence-electron chi connectivity index (χ1n) is 39.3. The van der Waals surface area contributed by atoms with Crippen molar-refractivity contribution < 1.29 is 130 Å². The minimum atomic E-state index is 0. The van der Waals surface area contributed by atoms with Gasteiger partial charge < -0.3 is 29.7 Å². The summed E-state index contributed by atoms with van der Waals surface area (Å²) >= 11 is 0. The molecule has 17 aromatic rings. The molecule has 18 rings (SSSR count). The molecule has 0 aliphatic heterocycles. The van der Waals surface area contributed by atoms with Crippen LogP contribution in [-0.4, -0.2) is 76.4 Å². The maximum atomic E-state index is 8.40. The molecule has 0 saturated carbocycles. The molecule has 11 aromatic carbocycles. The average molecular weight is 2530 g/mol. The standard InChI is InChI=1S/C24H18N.C23H17N2.2C15H10N.C15H16N.3C5H8O2.5Ir/c1-24(2)20-9-5-4-8-18(20)19-13-11-17(15-21(19)24)23-14-12-16-7-3-6-10-22(16)25-23;1-15-8-7-9-16(2)22(15)21-14-24-23-19-12-4-3-10-17(19)18-11-5-6-13-20(18)25(21)23;1-2-7-13(8-3-1)15-14-9-5-4-6-12(14)10-11-16-15;1-2-6-12(7-3-1)15-11-10-13-8-4-5-9-14(13)16-15;1-15(2,3)13-9-10-16-14(11-13)12-7-5-4-6-8-12;3*1-4(6)3-5(2)7;;;;;/h3-10,12-15H,1-2H3;3-11,13-14H,1-2H3;1-7,9-11H;1-6,8-11H;4-7,9-11H,1-3H3;3*3,6H,1-2H3;;;;;/q5*-1;;;;;;;;/p+3. The number of benzene rings is 11. The second kappa shape index (κ2) is 48.2. The molecule has 17 heteroatoms. The molecule has 5 radical (unpaired) electrons. The molecule has 0 saturated heterocycles. The van der Waals surface area contributed by atoms with E-state index >= 15 is 0 Å². The quantitative estimate of drug-likeness (QED) is 0.0439. The summed E-state index contributed by atoms with van der Waals surface area (Å²) in [5.74, 6) is 0.750. The number of fused-ring (bicyclic) bond motifs is 12.